The Morgan fingerprint density at radius 2 is 2.25 bits per heavy atom. The summed E-state index contributed by atoms with van der Waals surface area (Å²) in [5, 5.41) is 3.34. The van der Waals surface area contributed by atoms with Crippen molar-refractivity contribution in [3.8, 4) is 0 Å². The van der Waals surface area contributed by atoms with Crippen molar-refractivity contribution in [2.24, 2.45) is 5.92 Å². The molecule has 0 aliphatic heterocycles. The molecule has 90 valence electrons. The molecule has 0 aliphatic carbocycles. The molecule has 1 N–H and O–H groups in total. The molecule has 0 bridgehead atoms. The van der Waals surface area contributed by atoms with Crippen molar-refractivity contribution in [1.29, 1.82) is 0 Å². The minimum absolute atomic E-state index is 0.174. The van der Waals surface area contributed by atoms with Crippen LogP contribution in [0.4, 0.5) is 4.39 Å². The molecule has 16 heavy (non-hydrogen) atoms. The second kappa shape index (κ2) is 7.64. The first-order valence-electron chi connectivity index (χ1n) is 5.77. The summed E-state index contributed by atoms with van der Waals surface area (Å²) in [7, 11) is 0. The van der Waals surface area contributed by atoms with Crippen molar-refractivity contribution in [3.05, 3.63) is 35.6 Å². The van der Waals surface area contributed by atoms with Crippen molar-refractivity contribution in [2.45, 2.75) is 26.3 Å². The van der Waals surface area contributed by atoms with Crippen LogP contribution < -0.4 is 5.32 Å². The predicted molar refractivity (Wildman–Crippen MR) is 67.2 cm³/mol. The highest BCUT2D eigenvalue weighted by molar-refractivity contribution is 6.17. The van der Waals surface area contributed by atoms with Gasteiger partial charge in [0.25, 0.3) is 0 Å². The zero-order chi connectivity index (χ0) is 11.8. The molecule has 0 saturated heterocycles. The van der Waals surface area contributed by atoms with E-state index in [2.05, 4.69) is 12.2 Å². The van der Waals surface area contributed by atoms with E-state index in [0.29, 0.717) is 11.8 Å². The zero-order valence-corrected chi connectivity index (χ0v) is 10.4. The lowest BCUT2D eigenvalue weighted by Crippen LogP contribution is -2.22. The number of halogens is 2. The molecule has 3 heteroatoms. The Labute approximate surface area is 102 Å². The Kier molecular flexibility index (Phi) is 6.43. The summed E-state index contributed by atoms with van der Waals surface area (Å²) < 4.78 is 12.9. The monoisotopic (exact) mass is 243 g/mol. The van der Waals surface area contributed by atoms with Crippen LogP contribution >= 0.6 is 11.6 Å². The normalized spacial score (nSPS) is 12.7. The van der Waals surface area contributed by atoms with E-state index in [0.717, 1.165) is 31.5 Å². The number of alkyl halides is 1. The van der Waals surface area contributed by atoms with Crippen LogP contribution in [-0.2, 0) is 6.54 Å². The topological polar surface area (TPSA) is 12.0 Å². The van der Waals surface area contributed by atoms with Crippen LogP contribution in [0.15, 0.2) is 24.3 Å². The third-order valence-electron chi connectivity index (χ3n) is 2.75. The van der Waals surface area contributed by atoms with Gasteiger partial charge in [-0.3, -0.25) is 0 Å². The average molecular weight is 244 g/mol. The summed E-state index contributed by atoms with van der Waals surface area (Å²) in [6, 6.07) is 6.70. The van der Waals surface area contributed by atoms with Crippen LogP contribution in [0.25, 0.3) is 0 Å². The molecule has 0 aliphatic rings. The van der Waals surface area contributed by atoms with E-state index in [1.165, 1.54) is 6.07 Å². The number of hydrogen-bond acceptors (Lipinski definition) is 1. The molecule has 0 radical (unpaired) electrons. The molecule has 1 aromatic rings. The number of nitrogens with one attached hydrogen (secondary N) is 1. The summed E-state index contributed by atoms with van der Waals surface area (Å²) in [6.45, 7) is 3.83. The maximum atomic E-state index is 12.9. The Bertz CT molecular complexity index is 304. The van der Waals surface area contributed by atoms with Crippen molar-refractivity contribution >= 4 is 11.6 Å². The number of benzene rings is 1. The fourth-order valence-corrected chi connectivity index (χ4v) is 1.98. The molecule has 0 amide bonds. The lowest BCUT2D eigenvalue weighted by Gasteiger charge is -2.14. The van der Waals surface area contributed by atoms with E-state index < -0.39 is 0 Å². The summed E-state index contributed by atoms with van der Waals surface area (Å²) >= 11 is 5.71. The fraction of sp³-hybridized carbons (Fsp3) is 0.538. The highest BCUT2D eigenvalue weighted by atomic mass is 35.5. The second-order valence-electron chi connectivity index (χ2n) is 4.01. The van der Waals surface area contributed by atoms with Gasteiger partial charge in [-0.15, -0.1) is 11.6 Å². The number of rotatable bonds is 7. The van der Waals surface area contributed by atoms with Gasteiger partial charge in [-0.25, -0.2) is 4.39 Å². The molecule has 1 rings (SSSR count). The van der Waals surface area contributed by atoms with Crippen LogP contribution in [0.5, 0.6) is 0 Å². The van der Waals surface area contributed by atoms with Gasteiger partial charge < -0.3 is 5.32 Å². The highest BCUT2D eigenvalue weighted by Gasteiger charge is 2.04. The van der Waals surface area contributed by atoms with E-state index in [9.17, 15) is 4.39 Å². The van der Waals surface area contributed by atoms with Gasteiger partial charge in [-0.1, -0.05) is 25.5 Å². The third-order valence-corrected chi connectivity index (χ3v) is 2.96. The van der Waals surface area contributed by atoms with Crippen molar-refractivity contribution in [2.75, 3.05) is 12.4 Å². The molecule has 0 aromatic heterocycles. The minimum atomic E-state index is -0.174. The Morgan fingerprint density at radius 3 is 2.88 bits per heavy atom. The number of hydrogen-bond donors (Lipinski definition) is 1. The average Bonchev–Trinajstić information content (AvgIpc) is 2.28. The summed E-state index contributed by atoms with van der Waals surface area (Å²) in [5.41, 5.74) is 0.987. The summed E-state index contributed by atoms with van der Waals surface area (Å²) in [6.07, 6.45) is 2.16. The van der Waals surface area contributed by atoms with Gasteiger partial charge in [0, 0.05) is 12.4 Å². The van der Waals surface area contributed by atoms with Gasteiger partial charge in [-0.2, -0.15) is 0 Å². The smallest absolute Gasteiger partial charge is 0.123 e. The molecular weight excluding hydrogens is 225 g/mol. The largest absolute Gasteiger partial charge is 0.312 e. The zero-order valence-electron chi connectivity index (χ0n) is 9.68. The molecule has 1 unspecified atom stereocenters. The predicted octanol–water partition coefficient (Wildman–Crippen LogP) is 3.57. The van der Waals surface area contributed by atoms with Gasteiger partial charge in [0.15, 0.2) is 0 Å². The Morgan fingerprint density at radius 1 is 1.44 bits per heavy atom. The van der Waals surface area contributed by atoms with Crippen LogP contribution in [0.2, 0.25) is 0 Å². The van der Waals surface area contributed by atoms with Crippen molar-refractivity contribution in [3.63, 3.8) is 0 Å². The maximum absolute atomic E-state index is 12.9. The minimum Gasteiger partial charge on any atom is -0.312 e. The summed E-state index contributed by atoms with van der Waals surface area (Å²) in [4.78, 5) is 0. The van der Waals surface area contributed by atoms with Gasteiger partial charge in [0.2, 0.25) is 0 Å². The standard InChI is InChI=1S/C13H19ClFN/c1-2-11(6-7-14)9-16-10-12-4-3-5-13(15)8-12/h3-5,8,11,16H,2,6-7,9-10H2,1H3. The first-order valence-corrected chi connectivity index (χ1v) is 6.30. The van der Waals surface area contributed by atoms with Crippen LogP contribution in [0.3, 0.4) is 0 Å². The molecule has 1 nitrogen and oxygen atoms in total. The molecule has 1 atom stereocenters. The Balaban J connectivity index is 2.29. The van der Waals surface area contributed by atoms with E-state index in [1.54, 1.807) is 12.1 Å². The molecule has 1 aromatic carbocycles. The fourth-order valence-electron chi connectivity index (χ4n) is 1.67. The summed E-state index contributed by atoms with van der Waals surface area (Å²) in [5.74, 6) is 1.15. The first kappa shape index (κ1) is 13.5. The molecule has 0 saturated carbocycles. The van der Waals surface area contributed by atoms with Crippen molar-refractivity contribution < 1.29 is 4.39 Å². The van der Waals surface area contributed by atoms with E-state index >= 15 is 0 Å². The molecule has 0 spiro atoms. The van der Waals surface area contributed by atoms with E-state index in [-0.39, 0.29) is 5.82 Å². The third kappa shape index (κ3) is 4.95. The van der Waals surface area contributed by atoms with Crippen LogP contribution in [0.1, 0.15) is 25.3 Å². The lowest BCUT2D eigenvalue weighted by atomic mass is 10.0. The van der Waals surface area contributed by atoms with Crippen LogP contribution in [-0.4, -0.2) is 12.4 Å². The van der Waals surface area contributed by atoms with E-state index in [1.807, 2.05) is 6.07 Å². The quantitative estimate of drug-likeness (QED) is 0.722. The van der Waals surface area contributed by atoms with Crippen molar-refractivity contribution in [1.82, 2.24) is 5.32 Å². The molecular formula is C13H19ClFN. The molecule has 0 heterocycles. The second-order valence-corrected chi connectivity index (χ2v) is 4.39. The Hall–Kier alpha value is -0.600. The highest BCUT2D eigenvalue weighted by Crippen LogP contribution is 2.08. The maximum Gasteiger partial charge on any atom is 0.123 e. The SMILES string of the molecule is CCC(CCCl)CNCc1cccc(F)c1. The van der Waals surface area contributed by atoms with Gasteiger partial charge in [0.1, 0.15) is 5.82 Å². The van der Waals surface area contributed by atoms with Gasteiger partial charge >= 0.3 is 0 Å². The van der Waals surface area contributed by atoms with E-state index in [4.69, 9.17) is 11.6 Å². The lowest BCUT2D eigenvalue weighted by molar-refractivity contribution is 0.451. The van der Waals surface area contributed by atoms with Crippen LogP contribution in [0, 0.1) is 11.7 Å². The molecule has 0 fully saturated rings. The first-order chi connectivity index (χ1) is 7.76. The van der Waals surface area contributed by atoms with Gasteiger partial charge in [-0.05, 0) is 36.6 Å². The van der Waals surface area contributed by atoms with Gasteiger partial charge in [0.05, 0.1) is 0 Å².